The molecule has 4 bridgehead atoms. The predicted molar refractivity (Wildman–Crippen MR) is 81.0 cm³/mol. The quantitative estimate of drug-likeness (QED) is 0.885. The van der Waals surface area contributed by atoms with Gasteiger partial charge in [-0.15, -0.1) is 0 Å². The third-order valence-electron chi connectivity index (χ3n) is 6.47. The Hall–Kier alpha value is -0.960. The first-order valence-corrected chi connectivity index (χ1v) is 8.18. The van der Waals surface area contributed by atoms with Gasteiger partial charge in [-0.05, 0) is 66.8 Å². The molecule has 114 valence electrons. The maximum atomic E-state index is 14.2. The van der Waals surface area contributed by atoms with E-state index in [2.05, 4.69) is 18.8 Å². The lowest BCUT2D eigenvalue weighted by atomic mass is 9.39. The maximum absolute atomic E-state index is 14.2. The Morgan fingerprint density at radius 2 is 1.86 bits per heavy atom. The standard InChI is InChI=1S/C18H25FN2/c1-16-5-12-6-17(2,9-16)11-18(7-12,10-16)15(20)13-3-4-21-8-14(13)19/h3-4,8,12,15H,5-7,9-11,20H2,1-2H3. The second-order valence-electron chi connectivity index (χ2n) is 8.87. The molecule has 1 heterocycles. The zero-order valence-corrected chi connectivity index (χ0v) is 13.0. The minimum Gasteiger partial charge on any atom is -0.323 e. The van der Waals surface area contributed by atoms with Crippen LogP contribution in [0.5, 0.6) is 0 Å². The average Bonchev–Trinajstić information content (AvgIpc) is 2.34. The molecule has 0 aliphatic heterocycles. The highest BCUT2D eigenvalue weighted by atomic mass is 19.1. The Labute approximate surface area is 126 Å². The molecule has 4 aliphatic rings. The first-order chi connectivity index (χ1) is 9.83. The Morgan fingerprint density at radius 3 is 2.43 bits per heavy atom. The molecule has 0 spiro atoms. The van der Waals surface area contributed by atoms with Crippen LogP contribution in [-0.4, -0.2) is 4.98 Å². The van der Waals surface area contributed by atoms with E-state index in [9.17, 15) is 4.39 Å². The van der Waals surface area contributed by atoms with Gasteiger partial charge in [0.2, 0.25) is 0 Å². The van der Waals surface area contributed by atoms with Gasteiger partial charge < -0.3 is 5.73 Å². The van der Waals surface area contributed by atoms with E-state index in [1.807, 2.05) is 0 Å². The minimum atomic E-state index is -0.240. The van der Waals surface area contributed by atoms with Crippen molar-refractivity contribution in [2.24, 2.45) is 27.9 Å². The highest BCUT2D eigenvalue weighted by Crippen LogP contribution is 2.71. The maximum Gasteiger partial charge on any atom is 0.146 e. The lowest BCUT2D eigenvalue weighted by Gasteiger charge is -2.67. The van der Waals surface area contributed by atoms with Crippen molar-refractivity contribution >= 4 is 0 Å². The van der Waals surface area contributed by atoms with Crippen molar-refractivity contribution in [2.75, 3.05) is 0 Å². The summed E-state index contributed by atoms with van der Waals surface area (Å²) < 4.78 is 14.2. The molecule has 0 aromatic carbocycles. The summed E-state index contributed by atoms with van der Waals surface area (Å²) in [5.74, 6) is 0.545. The van der Waals surface area contributed by atoms with Crippen molar-refractivity contribution in [1.82, 2.24) is 4.98 Å². The third-order valence-corrected chi connectivity index (χ3v) is 6.47. The molecule has 0 amide bonds. The molecule has 1 aromatic heterocycles. The number of rotatable bonds is 2. The Kier molecular flexibility index (Phi) is 2.65. The fourth-order valence-electron chi connectivity index (χ4n) is 6.85. The van der Waals surface area contributed by atoms with Crippen LogP contribution in [0.1, 0.15) is 64.0 Å². The SMILES string of the molecule is CC12CC3CC(C)(C1)CC(C(N)c1ccncc1F)(C3)C2. The highest BCUT2D eigenvalue weighted by molar-refractivity contribution is 5.24. The molecule has 5 rings (SSSR count). The zero-order valence-electron chi connectivity index (χ0n) is 13.0. The zero-order chi connectivity index (χ0) is 14.9. The van der Waals surface area contributed by atoms with Crippen molar-refractivity contribution in [2.45, 2.75) is 58.4 Å². The van der Waals surface area contributed by atoms with Gasteiger partial charge in [0, 0.05) is 17.8 Å². The third kappa shape index (κ3) is 1.97. The molecule has 1 aromatic rings. The van der Waals surface area contributed by atoms with E-state index in [1.54, 1.807) is 12.3 Å². The molecular weight excluding hydrogens is 263 g/mol. The van der Waals surface area contributed by atoms with Crippen molar-refractivity contribution in [3.8, 4) is 0 Å². The van der Waals surface area contributed by atoms with Crippen LogP contribution in [0.15, 0.2) is 18.5 Å². The molecule has 0 saturated heterocycles. The van der Waals surface area contributed by atoms with Crippen molar-refractivity contribution < 1.29 is 4.39 Å². The second-order valence-corrected chi connectivity index (χ2v) is 8.87. The van der Waals surface area contributed by atoms with E-state index in [0.717, 1.165) is 18.8 Å². The lowest BCUT2D eigenvalue weighted by Crippen LogP contribution is -2.58. The van der Waals surface area contributed by atoms with Crippen molar-refractivity contribution in [3.05, 3.63) is 29.8 Å². The van der Waals surface area contributed by atoms with Crippen LogP contribution in [0.2, 0.25) is 0 Å². The van der Waals surface area contributed by atoms with Crippen LogP contribution in [0.25, 0.3) is 0 Å². The summed E-state index contributed by atoms with van der Waals surface area (Å²) >= 11 is 0. The molecular formula is C18H25FN2. The predicted octanol–water partition coefficient (Wildman–Crippen LogP) is 4.22. The fourth-order valence-corrected chi connectivity index (χ4v) is 6.85. The summed E-state index contributed by atoms with van der Waals surface area (Å²) in [5, 5.41) is 0. The molecule has 2 N–H and O–H groups in total. The van der Waals surface area contributed by atoms with Crippen molar-refractivity contribution in [1.29, 1.82) is 0 Å². The minimum absolute atomic E-state index is 0.0884. The number of hydrogen-bond acceptors (Lipinski definition) is 2. The summed E-state index contributed by atoms with van der Waals surface area (Å²) in [5.41, 5.74) is 8.22. The van der Waals surface area contributed by atoms with Gasteiger partial charge in [-0.1, -0.05) is 13.8 Å². The highest BCUT2D eigenvalue weighted by Gasteiger charge is 2.61. The van der Waals surface area contributed by atoms with Crippen LogP contribution in [0.3, 0.4) is 0 Å². The molecule has 2 nitrogen and oxygen atoms in total. The molecule has 4 aliphatic carbocycles. The summed E-state index contributed by atoms with van der Waals surface area (Å²) in [4.78, 5) is 3.87. The molecule has 4 saturated carbocycles. The smallest absolute Gasteiger partial charge is 0.146 e. The Balaban J connectivity index is 1.76. The first-order valence-electron chi connectivity index (χ1n) is 8.18. The van der Waals surface area contributed by atoms with Gasteiger partial charge in [0.1, 0.15) is 5.82 Å². The topological polar surface area (TPSA) is 38.9 Å². The molecule has 3 heteroatoms. The van der Waals surface area contributed by atoms with Crippen LogP contribution in [0, 0.1) is 28.0 Å². The molecule has 3 atom stereocenters. The van der Waals surface area contributed by atoms with Crippen LogP contribution in [0.4, 0.5) is 4.39 Å². The van der Waals surface area contributed by atoms with E-state index >= 15 is 0 Å². The number of halogens is 1. The van der Waals surface area contributed by atoms with Gasteiger partial charge in [-0.25, -0.2) is 4.39 Å². The molecule has 21 heavy (non-hydrogen) atoms. The van der Waals surface area contributed by atoms with Gasteiger partial charge >= 0.3 is 0 Å². The van der Waals surface area contributed by atoms with Crippen LogP contribution >= 0.6 is 0 Å². The molecule has 4 fully saturated rings. The molecule has 3 unspecified atom stereocenters. The van der Waals surface area contributed by atoms with Gasteiger partial charge in [0.15, 0.2) is 0 Å². The van der Waals surface area contributed by atoms with E-state index < -0.39 is 0 Å². The van der Waals surface area contributed by atoms with Gasteiger partial charge in [-0.2, -0.15) is 0 Å². The fraction of sp³-hybridized carbons (Fsp3) is 0.722. The van der Waals surface area contributed by atoms with E-state index in [-0.39, 0.29) is 17.3 Å². The van der Waals surface area contributed by atoms with Gasteiger partial charge in [0.05, 0.1) is 6.20 Å². The Bertz CT molecular complexity index is 566. The normalized spacial score (nSPS) is 45.8. The number of nitrogens with two attached hydrogens (primary N) is 1. The van der Waals surface area contributed by atoms with Gasteiger partial charge in [0.25, 0.3) is 0 Å². The number of aromatic nitrogens is 1. The summed E-state index contributed by atoms with van der Waals surface area (Å²) in [6.07, 6.45) is 10.5. The molecule has 0 radical (unpaired) electrons. The van der Waals surface area contributed by atoms with E-state index in [4.69, 9.17) is 5.73 Å². The second kappa shape index (κ2) is 4.07. The van der Waals surface area contributed by atoms with Crippen LogP contribution < -0.4 is 5.73 Å². The summed E-state index contributed by atoms with van der Waals surface area (Å²) in [6.45, 7) is 4.86. The lowest BCUT2D eigenvalue weighted by molar-refractivity contribution is -0.154. The number of hydrogen-bond donors (Lipinski definition) is 1. The number of nitrogens with zero attached hydrogens (tertiary/aromatic N) is 1. The number of pyridine rings is 1. The average molecular weight is 288 g/mol. The summed E-state index contributed by atoms with van der Waals surface area (Å²) in [7, 11) is 0. The van der Waals surface area contributed by atoms with E-state index in [1.165, 1.54) is 31.9 Å². The first kappa shape index (κ1) is 13.7. The van der Waals surface area contributed by atoms with Gasteiger partial charge in [-0.3, -0.25) is 4.98 Å². The van der Waals surface area contributed by atoms with Crippen molar-refractivity contribution in [3.63, 3.8) is 0 Å². The summed E-state index contributed by atoms with van der Waals surface area (Å²) in [6, 6.07) is 1.59. The Morgan fingerprint density at radius 1 is 1.19 bits per heavy atom. The van der Waals surface area contributed by atoms with Crippen LogP contribution in [-0.2, 0) is 0 Å². The largest absolute Gasteiger partial charge is 0.323 e. The van der Waals surface area contributed by atoms with E-state index in [0.29, 0.717) is 16.4 Å². The monoisotopic (exact) mass is 288 g/mol.